The third-order valence-corrected chi connectivity index (χ3v) is 1.89. The summed E-state index contributed by atoms with van der Waals surface area (Å²) in [6.45, 7) is 0. The quantitative estimate of drug-likeness (QED) is 0.705. The Hall–Kier alpha value is -1.64. The molecule has 0 aliphatic carbocycles. The molecule has 2 aromatic rings. The van der Waals surface area contributed by atoms with Gasteiger partial charge in [0.25, 0.3) is 0 Å². The maximum Gasteiger partial charge on any atom is 0.216 e. The van der Waals surface area contributed by atoms with Crippen molar-refractivity contribution in [3.63, 3.8) is 0 Å². The maximum absolute atomic E-state index is 5.17. The van der Waals surface area contributed by atoms with Crippen LogP contribution in [0, 0.1) is 6.26 Å². The van der Waals surface area contributed by atoms with Gasteiger partial charge < -0.3 is 13.9 Å². The van der Waals surface area contributed by atoms with Crippen molar-refractivity contribution in [3.8, 4) is 11.5 Å². The van der Waals surface area contributed by atoms with E-state index in [1.807, 2.05) is 18.2 Å². The molecule has 3 heteroatoms. The highest BCUT2D eigenvalue weighted by atomic mass is 16.5. The van der Waals surface area contributed by atoms with Crippen LogP contribution in [0.15, 0.2) is 22.6 Å². The second kappa shape index (κ2) is 3.01. The Labute approximate surface area is 75.9 Å². The highest BCUT2D eigenvalue weighted by Crippen LogP contribution is 2.34. The lowest BCUT2D eigenvalue weighted by molar-refractivity contribution is 0.400. The van der Waals surface area contributed by atoms with E-state index in [0.29, 0.717) is 5.75 Å². The van der Waals surface area contributed by atoms with Crippen LogP contribution in [-0.4, -0.2) is 14.2 Å². The van der Waals surface area contributed by atoms with Gasteiger partial charge in [0.05, 0.1) is 14.2 Å². The van der Waals surface area contributed by atoms with Gasteiger partial charge in [-0.3, -0.25) is 0 Å². The first kappa shape index (κ1) is 7.98. The Kier molecular flexibility index (Phi) is 1.85. The number of hydrogen-bond donors (Lipinski definition) is 0. The van der Waals surface area contributed by atoms with Gasteiger partial charge in [-0.1, -0.05) is 6.07 Å². The van der Waals surface area contributed by atoms with E-state index in [9.17, 15) is 0 Å². The molecule has 0 aliphatic rings. The molecule has 0 atom stereocenters. The first-order chi connectivity index (χ1) is 6.36. The van der Waals surface area contributed by atoms with Gasteiger partial charge in [-0.05, 0) is 12.1 Å². The van der Waals surface area contributed by atoms with Crippen molar-refractivity contribution in [1.82, 2.24) is 0 Å². The third-order valence-electron chi connectivity index (χ3n) is 1.89. The summed E-state index contributed by atoms with van der Waals surface area (Å²) in [6.07, 6.45) is 2.66. The Morgan fingerprint density at radius 2 is 2.08 bits per heavy atom. The first-order valence-corrected chi connectivity index (χ1v) is 3.88. The second-order valence-corrected chi connectivity index (χ2v) is 2.57. The number of methoxy groups -OCH3 is 2. The van der Waals surface area contributed by atoms with Crippen LogP contribution in [-0.2, 0) is 0 Å². The van der Waals surface area contributed by atoms with Crippen molar-refractivity contribution in [2.24, 2.45) is 0 Å². The number of ether oxygens (including phenoxy) is 2. The number of rotatable bonds is 2. The standard InChI is InChI=1S/C10H9O3/c1-11-7-4-3-5-8-10(7)9(12-2)6-13-8/h3-5H,1-2H3. The van der Waals surface area contributed by atoms with Crippen molar-refractivity contribution in [2.45, 2.75) is 0 Å². The summed E-state index contributed by atoms with van der Waals surface area (Å²) in [7, 11) is 3.19. The normalized spacial score (nSPS) is 10.3. The average molecular weight is 177 g/mol. The maximum atomic E-state index is 5.17. The molecule has 0 N–H and O–H groups in total. The smallest absolute Gasteiger partial charge is 0.216 e. The van der Waals surface area contributed by atoms with Gasteiger partial charge in [-0.15, -0.1) is 0 Å². The fraction of sp³-hybridized carbons (Fsp3) is 0.200. The zero-order chi connectivity index (χ0) is 9.26. The highest BCUT2D eigenvalue weighted by Gasteiger charge is 2.11. The molecule has 0 amide bonds. The molecular weight excluding hydrogens is 168 g/mol. The predicted octanol–water partition coefficient (Wildman–Crippen LogP) is 2.25. The van der Waals surface area contributed by atoms with E-state index in [2.05, 4.69) is 6.26 Å². The van der Waals surface area contributed by atoms with Gasteiger partial charge >= 0.3 is 0 Å². The Morgan fingerprint density at radius 3 is 2.77 bits per heavy atom. The van der Waals surface area contributed by atoms with Crippen LogP contribution in [0.4, 0.5) is 0 Å². The molecule has 3 nitrogen and oxygen atoms in total. The molecule has 0 spiro atoms. The van der Waals surface area contributed by atoms with Gasteiger partial charge in [0.2, 0.25) is 6.26 Å². The summed E-state index contributed by atoms with van der Waals surface area (Å²) in [5, 5.41) is 0.826. The van der Waals surface area contributed by atoms with E-state index in [-0.39, 0.29) is 0 Å². The lowest BCUT2D eigenvalue weighted by Gasteiger charge is -2.01. The zero-order valence-electron chi connectivity index (χ0n) is 7.46. The van der Waals surface area contributed by atoms with E-state index < -0.39 is 0 Å². The van der Waals surface area contributed by atoms with Gasteiger partial charge in [-0.2, -0.15) is 0 Å². The van der Waals surface area contributed by atoms with E-state index >= 15 is 0 Å². The van der Waals surface area contributed by atoms with Gasteiger partial charge in [0, 0.05) is 0 Å². The molecule has 0 fully saturated rings. The van der Waals surface area contributed by atoms with E-state index in [1.165, 1.54) is 0 Å². The highest BCUT2D eigenvalue weighted by molar-refractivity contribution is 5.89. The summed E-state index contributed by atoms with van der Waals surface area (Å²) in [5.41, 5.74) is 0.719. The minimum absolute atomic E-state index is 0.576. The third kappa shape index (κ3) is 1.13. The van der Waals surface area contributed by atoms with Crippen molar-refractivity contribution < 1.29 is 13.9 Å². The lowest BCUT2D eigenvalue weighted by atomic mass is 10.2. The fourth-order valence-corrected chi connectivity index (χ4v) is 1.29. The molecule has 0 bridgehead atoms. The molecule has 2 rings (SSSR count). The van der Waals surface area contributed by atoms with Crippen LogP contribution in [0.5, 0.6) is 11.5 Å². The largest absolute Gasteiger partial charge is 0.496 e. The number of fused-ring (bicyclic) bond motifs is 1. The summed E-state index contributed by atoms with van der Waals surface area (Å²) in [6, 6.07) is 5.56. The van der Waals surface area contributed by atoms with Gasteiger partial charge in [0.15, 0.2) is 5.75 Å². The van der Waals surface area contributed by atoms with Gasteiger partial charge in [-0.25, -0.2) is 0 Å². The Morgan fingerprint density at radius 1 is 1.23 bits per heavy atom. The van der Waals surface area contributed by atoms with Gasteiger partial charge in [0.1, 0.15) is 16.7 Å². The van der Waals surface area contributed by atoms with Crippen molar-refractivity contribution in [2.75, 3.05) is 14.2 Å². The molecule has 0 aliphatic heterocycles. The van der Waals surface area contributed by atoms with Crippen LogP contribution >= 0.6 is 0 Å². The van der Waals surface area contributed by atoms with E-state index in [1.54, 1.807) is 14.2 Å². The molecule has 1 aromatic heterocycles. The second-order valence-electron chi connectivity index (χ2n) is 2.57. The summed E-state index contributed by atoms with van der Waals surface area (Å²) >= 11 is 0. The van der Waals surface area contributed by atoms with Crippen LogP contribution in [0.3, 0.4) is 0 Å². The number of hydrogen-bond acceptors (Lipinski definition) is 3. The predicted molar refractivity (Wildman–Crippen MR) is 48.2 cm³/mol. The molecule has 1 aromatic carbocycles. The monoisotopic (exact) mass is 177 g/mol. The van der Waals surface area contributed by atoms with Crippen molar-refractivity contribution in [3.05, 3.63) is 24.5 Å². The summed E-state index contributed by atoms with van der Waals surface area (Å²) in [4.78, 5) is 0. The topological polar surface area (TPSA) is 31.6 Å². The van der Waals surface area contributed by atoms with Crippen LogP contribution < -0.4 is 9.47 Å². The lowest BCUT2D eigenvalue weighted by Crippen LogP contribution is -1.85. The Bertz CT molecular complexity index is 417. The fourth-order valence-electron chi connectivity index (χ4n) is 1.29. The van der Waals surface area contributed by atoms with E-state index in [4.69, 9.17) is 13.9 Å². The Balaban J connectivity index is 2.76. The van der Waals surface area contributed by atoms with E-state index in [0.717, 1.165) is 16.7 Å². The molecule has 13 heavy (non-hydrogen) atoms. The molecule has 0 saturated heterocycles. The molecule has 1 heterocycles. The molecule has 0 saturated carbocycles. The minimum atomic E-state index is 0.576. The molecule has 1 radical (unpaired) electrons. The van der Waals surface area contributed by atoms with Crippen LogP contribution in [0.1, 0.15) is 0 Å². The molecular formula is C10H9O3. The number of furan rings is 1. The van der Waals surface area contributed by atoms with Crippen LogP contribution in [0.25, 0.3) is 11.0 Å². The molecule has 67 valence electrons. The average Bonchev–Trinajstić information content (AvgIpc) is 2.60. The minimum Gasteiger partial charge on any atom is -0.496 e. The summed E-state index contributed by atoms with van der Waals surface area (Å²) in [5.74, 6) is 1.31. The SMILES string of the molecule is COc1[c]oc2cccc(OC)c12. The van der Waals surface area contributed by atoms with Crippen molar-refractivity contribution >= 4 is 11.0 Å². The van der Waals surface area contributed by atoms with Crippen molar-refractivity contribution in [1.29, 1.82) is 0 Å². The first-order valence-electron chi connectivity index (χ1n) is 3.88. The number of benzene rings is 1. The molecule has 0 unspecified atom stereocenters. The summed E-state index contributed by atoms with van der Waals surface area (Å²) < 4.78 is 15.4. The van der Waals surface area contributed by atoms with Crippen LogP contribution in [0.2, 0.25) is 0 Å². The zero-order valence-corrected chi connectivity index (χ0v) is 7.46.